The van der Waals surface area contributed by atoms with Crippen LogP contribution in [0.4, 0.5) is 5.95 Å². The Kier molecular flexibility index (Phi) is 6.11. The van der Waals surface area contributed by atoms with E-state index in [1.54, 1.807) is 7.11 Å². The second-order valence-electron chi connectivity index (χ2n) is 3.91. The van der Waals surface area contributed by atoms with Gasteiger partial charge in [-0.05, 0) is 31.8 Å². The first kappa shape index (κ1) is 14.1. The minimum atomic E-state index is 0.376. The van der Waals surface area contributed by atoms with Gasteiger partial charge in [-0.1, -0.05) is 6.92 Å². The molecule has 1 heterocycles. The highest BCUT2D eigenvalue weighted by Crippen LogP contribution is 2.13. The minimum Gasteiger partial charge on any atom is -0.481 e. The normalized spacial score (nSPS) is 12.2. The molecule has 0 bridgehead atoms. The number of anilines is 1. The molecule has 0 aliphatic heterocycles. The lowest BCUT2D eigenvalue weighted by atomic mass is 10.3. The van der Waals surface area contributed by atoms with E-state index in [1.807, 2.05) is 24.8 Å². The molecule has 0 fully saturated rings. The Labute approximate surface area is 108 Å². The molecule has 0 aromatic carbocycles. The highest BCUT2D eigenvalue weighted by atomic mass is 32.2. The van der Waals surface area contributed by atoms with Crippen LogP contribution < -0.4 is 10.1 Å². The molecule has 1 unspecified atom stereocenters. The molecule has 1 aromatic rings. The van der Waals surface area contributed by atoms with Crippen LogP contribution in [0.5, 0.6) is 5.88 Å². The largest absolute Gasteiger partial charge is 0.481 e. The Morgan fingerprint density at radius 2 is 2.24 bits per heavy atom. The van der Waals surface area contributed by atoms with Gasteiger partial charge in [0.25, 0.3) is 0 Å². The smallest absolute Gasteiger partial charge is 0.226 e. The second kappa shape index (κ2) is 7.37. The SMILES string of the molecule is CCSCCC(C)Nc1nc(C)cc(OC)n1. The number of aromatic nitrogens is 2. The lowest BCUT2D eigenvalue weighted by Gasteiger charge is -2.14. The molecule has 5 heteroatoms. The molecule has 17 heavy (non-hydrogen) atoms. The van der Waals surface area contributed by atoms with E-state index in [0.717, 1.165) is 17.9 Å². The van der Waals surface area contributed by atoms with Gasteiger partial charge >= 0.3 is 0 Å². The summed E-state index contributed by atoms with van der Waals surface area (Å²) in [7, 11) is 1.62. The average molecular weight is 255 g/mol. The van der Waals surface area contributed by atoms with E-state index in [4.69, 9.17) is 4.74 Å². The summed E-state index contributed by atoms with van der Waals surface area (Å²) < 4.78 is 5.12. The van der Waals surface area contributed by atoms with Gasteiger partial charge in [0.1, 0.15) is 0 Å². The van der Waals surface area contributed by atoms with Gasteiger partial charge in [-0.3, -0.25) is 0 Å². The number of ether oxygens (including phenoxy) is 1. The molecule has 1 atom stereocenters. The summed E-state index contributed by atoms with van der Waals surface area (Å²) in [6.07, 6.45) is 1.11. The molecule has 0 radical (unpaired) electrons. The van der Waals surface area contributed by atoms with Gasteiger partial charge in [-0.2, -0.15) is 16.7 Å². The van der Waals surface area contributed by atoms with Crippen molar-refractivity contribution in [2.24, 2.45) is 0 Å². The number of hydrogen-bond acceptors (Lipinski definition) is 5. The number of thioether (sulfide) groups is 1. The van der Waals surface area contributed by atoms with Crippen LogP contribution in [0.3, 0.4) is 0 Å². The van der Waals surface area contributed by atoms with E-state index < -0.39 is 0 Å². The zero-order valence-corrected chi connectivity index (χ0v) is 11.8. The second-order valence-corrected chi connectivity index (χ2v) is 5.30. The van der Waals surface area contributed by atoms with Gasteiger partial charge in [-0.15, -0.1) is 0 Å². The molecule has 0 aliphatic rings. The summed E-state index contributed by atoms with van der Waals surface area (Å²) in [4.78, 5) is 8.61. The number of nitrogens with one attached hydrogen (secondary N) is 1. The number of nitrogens with zero attached hydrogens (tertiary/aromatic N) is 2. The van der Waals surface area contributed by atoms with Gasteiger partial charge in [0, 0.05) is 17.8 Å². The van der Waals surface area contributed by atoms with Crippen LogP contribution in [0, 0.1) is 6.92 Å². The van der Waals surface area contributed by atoms with Crippen molar-refractivity contribution < 1.29 is 4.74 Å². The minimum absolute atomic E-state index is 0.376. The van der Waals surface area contributed by atoms with Crippen LogP contribution in [-0.4, -0.2) is 34.6 Å². The quantitative estimate of drug-likeness (QED) is 0.759. The van der Waals surface area contributed by atoms with E-state index in [9.17, 15) is 0 Å². The summed E-state index contributed by atoms with van der Waals surface area (Å²) in [5.74, 6) is 3.58. The molecule has 0 spiro atoms. The average Bonchev–Trinajstić information content (AvgIpc) is 2.28. The zero-order chi connectivity index (χ0) is 12.7. The molecule has 1 N–H and O–H groups in total. The van der Waals surface area contributed by atoms with Gasteiger partial charge in [-0.25, -0.2) is 4.98 Å². The van der Waals surface area contributed by atoms with Crippen LogP contribution in [0.2, 0.25) is 0 Å². The highest BCUT2D eigenvalue weighted by Gasteiger charge is 2.06. The van der Waals surface area contributed by atoms with Gasteiger partial charge in [0.05, 0.1) is 7.11 Å². The third-order valence-electron chi connectivity index (χ3n) is 2.31. The standard InChI is InChI=1S/C12H21N3OS/c1-5-17-7-6-9(2)13-12-14-10(3)8-11(15-12)16-4/h8-9H,5-7H2,1-4H3,(H,13,14,15). The number of hydrogen-bond donors (Lipinski definition) is 1. The molecule has 96 valence electrons. The number of rotatable bonds is 7. The van der Waals surface area contributed by atoms with Crippen LogP contribution >= 0.6 is 11.8 Å². The molecule has 0 saturated carbocycles. The summed E-state index contributed by atoms with van der Waals surface area (Å²) in [6.45, 7) is 6.26. The first-order chi connectivity index (χ1) is 8.15. The maximum Gasteiger partial charge on any atom is 0.226 e. The van der Waals surface area contributed by atoms with Crippen molar-refractivity contribution in [1.82, 2.24) is 9.97 Å². The molecule has 1 rings (SSSR count). The zero-order valence-electron chi connectivity index (χ0n) is 11.0. The van der Waals surface area contributed by atoms with E-state index in [0.29, 0.717) is 17.9 Å². The predicted molar refractivity (Wildman–Crippen MR) is 74.0 cm³/mol. The first-order valence-corrected chi connectivity index (χ1v) is 7.05. The fourth-order valence-corrected chi connectivity index (χ4v) is 2.21. The summed E-state index contributed by atoms with van der Waals surface area (Å²) in [6, 6.07) is 2.20. The van der Waals surface area contributed by atoms with Crippen molar-refractivity contribution >= 4 is 17.7 Å². The van der Waals surface area contributed by atoms with Crippen molar-refractivity contribution in [1.29, 1.82) is 0 Å². The highest BCUT2D eigenvalue weighted by molar-refractivity contribution is 7.99. The Balaban J connectivity index is 2.52. The van der Waals surface area contributed by atoms with Crippen LogP contribution in [-0.2, 0) is 0 Å². The fourth-order valence-electron chi connectivity index (χ4n) is 1.41. The maximum atomic E-state index is 5.12. The Morgan fingerprint density at radius 1 is 1.47 bits per heavy atom. The molecule has 4 nitrogen and oxygen atoms in total. The first-order valence-electron chi connectivity index (χ1n) is 5.89. The molecular formula is C12H21N3OS. The summed E-state index contributed by atoms with van der Waals surface area (Å²) >= 11 is 1.95. The van der Waals surface area contributed by atoms with Crippen molar-refractivity contribution in [2.45, 2.75) is 33.2 Å². The number of aryl methyl sites for hydroxylation is 1. The predicted octanol–water partition coefficient (Wildman–Crippen LogP) is 2.74. The van der Waals surface area contributed by atoms with Gasteiger partial charge in [0.2, 0.25) is 11.8 Å². The van der Waals surface area contributed by atoms with Crippen LogP contribution in [0.25, 0.3) is 0 Å². The third-order valence-corrected chi connectivity index (χ3v) is 3.25. The van der Waals surface area contributed by atoms with Crippen LogP contribution in [0.15, 0.2) is 6.07 Å². The molecular weight excluding hydrogens is 234 g/mol. The van der Waals surface area contributed by atoms with E-state index in [2.05, 4.69) is 29.1 Å². The van der Waals surface area contributed by atoms with E-state index in [-0.39, 0.29) is 0 Å². The lowest BCUT2D eigenvalue weighted by molar-refractivity contribution is 0.397. The fraction of sp³-hybridized carbons (Fsp3) is 0.667. The Bertz CT molecular complexity index is 347. The molecule has 1 aromatic heterocycles. The van der Waals surface area contributed by atoms with Crippen molar-refractivity contribution in [2.75, 3.05) is 23.9 Å². The monoisotopic (exact) mass is 255 g/mol. The number of methoxy groups -OCH3 is 1. The topological polar surface area (TPSA) is 47.0 Å². The maximum absolute atomic E-state index is 5.12. The molecule has 0 amide bonds. The van der Waals surface area contributed by atoms with Crippen molar-refractivity contribution in [3.63, 3.8) is 0 Å². The van der Waals surface area contributed by atoms with Gasteiger partial charge < -0.3 is 10.1 Å². The summed E-state index contributed by atoms with van der Waals surface area (Å²) in [5, 5.41) is 3.30. The lowest BCUT2D eigenvalue weighted by Crippen LogP contribution is -2.18. The summed E-state index contributed by atoms with van der Waals surface area (Å²) in [5.41, 5.74) is 0.912. The van der Waals surface area contributed by atoms with E-state index >= 15 is 0 Å². The van der Waals surface area contributed by atoms with Crippen LogP contribution in [0.1, 0.15) is 26.0 Å². The molecule has 0 aliphatic carbocycles. The van der Waals surface area contributed by atoms with E-state index in [1.165, 1.54) is 5.75 Å². The van der Waals surface area contributed by atoms with Crippen molar-refractivity contribution in [3.05, 3.63) is 11.8 Å². The van der Waals surface area contributed by atoms with Gasteiger partial charge in [0.15, 0.2) is 0 Å². The Morgan fingerprint density at radius 3 is 2.88 bits per heavy atom. The van der Waals surface area contributed by atoms with Crippen molar-refractivity contribution in [3.8, 4) is 5.88 Å². The Hall–Kier alpha value is -0.970. The molecule has 0 saturated heterocycles. The third kappa shape index (κ3) is 5.26.